The molecule has 0 radical (unpaired) electrons. The number of benzene rings is 1. The summed E-state index contributed by atoms with van der Waals surface area (Å²) in [4.78, 5) is 32.9. The number of hydrogen-bond donors (Lipinski definition) is 1. The van der Waals surface area contributed by atoms with Crippen LogP contribution in [-0.2, 0) is 37.2 Å². The number of β-amino-alcohol motifs (C(OH)–C–C–N with tert-alkyl or cyclic N) is 1. The third-order valence-electron chi connectivity index (χ3n) is 8.67. The van der Waals surface area contributed by atoms with Crippen molar-refractivity contribution in [3.63, 3.8) is 0 Å². The first kappa shape index (κ1) is 33.2. The number of aromatic nitrogens is 1. The van der Waals surface area contributed by atoms with E-state index in [0.717, 1.165) is 18.2 Å². The molecular weight excluding hydrogens is 638 g/mol. The summed E-state index contributed by atoms with van der Waals surface area (Å²) in [6, 6.07) is 3.75. The molecule has 2 amide bonds. The first-order valence-corrected chi connectivity index (χ1v) is 15.2. The van der Waals surface area contributed by atoms with Crippen molar-refractivity contribution in [1.82, 2.24) is 14.8 Å². The van der Waals surface area contributed by atoms with Crippen LogP contribution in [0.15, 0.2) is 41.3 Å². The van der Waals surface area contributed by atoms with E-state index in [1.807, 2.05) is 0 Å². The number of alkyl halides is 7. The predicted molar refractivity (Wildman–Crippen MR) is 143 cm³/mol. The summed E-state index contributed by atoms with van der Waals surface area (Å²) in [6.45, 7) is 2.74. The minimum atomic E-state index is -6.39. The Morgan fingerprint density at radius 1 is 1.00 bits per heavy atom. The molecule has 4 unspecified atom stereocenters. The monoisotopic (exact) mass is 667 g/mol. The van der Waals surface area contributed by atoms with Crippen LogP contribution in [0.25, 0.3) is 0 Å². The van der Waals surface area contributed by atoms with E-state index >= 15 is 0 Å². The Kier molecular flexibility index (Phi) is 8.11. The fourth-order valence-corrected chi connectivity index (χ4v) is 8.66. The minimum absolute atomic E-state index is 0.0111. The van der Waals surface area contributed by atoms with Gasteiger partial charge in [-0.3, -0.25) is 18.8 Å². The van der Waals surface area contributed by atoms with Gasteiger partial charge in [0, 0.05) is 30.1 Å². The van der Waals surface area contributed by atoms with E-state index in [4.69, 9.17) is 0 Å². The van der Waals surface area contributed by atoms with Crippen LogP contribution in [0.1, 0.15) is 56.5 Å². The van der Waals surface area contributed by atoms with Crippen LogP contribution in [0.2, 0.25) is 0 Å². The Hall–Kier alpha value is -3.14. The van der Waals surface area contributed by atoms with E-state index in [2.05, 4.69) is 4.98 Å². The van der Waals surface area contributed by atoms with E-state index in [1.54, 1.807) is 0 Å². The minimum Gasteiger partial charge on any atom is -0.389 e. The summed E-state index contributed by atoms with van der Waals surface area (Å²) in [5.41, 5.74) is -9.36. The van der Waals surface area contributed by atoms with Crippen molar-refractivity contribution in [1.29, 1.82) is 0 Å². The lowest BCUT2D eigenvalue weighted by Gasteiger charge is -2.43. The second kappa shape index (κ2) is 11.0. The second-order valence-corrected chi connectivity index (χ2v) is 13.9. The number of aryl methyl sites for hydroxylation is 1. The van der Waals surface area contributed by atoms with E-state index in [1.165, 1.54) is 35.8 Å². The lowest BCUT2D eigenvalue weighted by atomic mass is 9.80. The molecule has 1 aromatic heterocycles. The van der Waals surface area contributed by atoms with Gasteiger partial charge in [0.05, 0.1) is 32.9 Å². The van der Waals surface area contributed by atoms with Crippen LogP contribution in [0.3, 0.4) is 0 Å². The van der Waals surface area contributed by atoms with Gasteiger partial charge in [-0.25, -0.2) is 8.78 Å². The quantitative estimate of drug-likeness (QED) is 0.447. The molecule has 1 aliphatic carbocycles. The Morgan fingerprint density at radius 3 is 2.20 bits per heavy atom. The van der Waals surface area contributed by atoms with Crippen LogP contribution in [-0.4, -0.2) is 79.0 Å². The van der Waals surface area contributed by atoms with Gasteiger partial charge in [0.25, 0.3) is 0 Å². The van der Waals surface area contributed by atoms with Gasteiger partial charge < -0.3 is 14.9 Å². The lowest BCUT2D eigenvalue weighted by molar-refractivity contribution is -0.350. The molecule has 2 aliphatic heterocycles. The number of fused-ring (bicyclic) bond motifs is 3. The highest BCUT2D eigenvalue weighted by Crippen LogP contribution is 2.55. The van der Waals surface area contributed by atoms with Gasteiger partial charge in [0.1, 0.15) is 11.9 Å². The van der Waals surface area contributed by atoms with Crippen LogP contribution in [0, 0.1) is 5.82 Å². The Morgan fingerprint density at radius 2 is 1.62 bits per heavy atom. The SMILES string of the molecule is CC(C)(O)CN1C(=O)CCC1C(=O)N1CCC2(S(=O)c3ccc(F)cc3)c3ccc(C(F)(C(F)(F)F)C(F)(F)F)nc3CCC12. The number of likely N-dealkylation sites (tertiary alicyclic amines) is 2. The molecule has 5 rings (SSSR count). The van der Waals surface area contributed by atoms with Crippen LogP contribution in [0.5, 0.6) is 0 Å². The van der Waals surface area contributed by atoms with Gasteiger partial charge in [-0.05, 0) is 75.4 Å². The summed E-state index contributed by atoms with van der Waals surface area (Å²) in [5, 5.41) is 10.3. The number of amides is 2. The molecule has 16 heteroatoms. The molecule has 246 valence electrons. The van der Waals surface area contributed by atoms with Crippen molar-refractivity contribution >= 4 is 22.6 Å². The first-order valence-electron chi connectivity index (χ1n) is 14.1. The normalized spacial score (nSPS) is 24.9. The van der Waals surface area contributed by atoms with Gasteiger partial charge >= 0.3 is 18.0 Å². The Balaban J connectivity index is 1.61. The number of carbonyl (C=O) groups excluding carboxylic acids is 2. The summed E-state index contributed by atoms with van der Waals surface area (Å²) >= 11 is 0. The maximum Gasteiger partial charge on any atom is 0.437 e. The molecule has 4 atom stereocenters. The topological polar surface area (TPSA) is 90.8 Å². The van der Waals surface area contributed by atoms with Gasteiger partial charge in [-0.1, -0.05) is 6.07 Å². The Bertz CT molecular complexity index is 1510. The molecule has 2 saturated heterocycles. The fraction of sp³-hybridized carbons (Fsp3) is 0.552. The molecule has 3 heterocycles. The number of rotatable bonds is 6. The van der Waals surface area contributed by atoms with Crippen LogP contribution in [0.4, 0.5) is 35.1 Å². The summed E-state index contributed by atoms with van der Waals surface area (Å²) in [7, 11) is -2.16. The zero-order chi connectivity index (χ0) is 33.3. The van der Waals surface area contributed by atoms with Crippen molar-refractivity contribution in [3.8, 4) is 0 Å². The van der Waals surface area contributed by atoms with Gasteiger partial charge in [-0.15, -0.1) is 0 Å². The largest absolute Gasteiger partial charge is 0.437 e. The smallest absolute Gasteiger partial charge is 0.389 e. The van der Waals surface area contributed by atoms with Gasteiger partial charge in [0.2, 0.25) is 11.8 Å². The Labute approximate surface area is 255 Å². The van der Waals surface area contributed by atoms with Crippen LogP contribution < -0.4 is 0 Å². The molecule has 0 saturated carbocycles. The number of halogens is 8. The molecule has 7 nitrogen and oxygen atoms in total. The van der Waals surface area contributed by atoms with Gasteiger partial charge in [-0.2, -0.15) is 26.3 Å². The highest BCUT2D eigenvalue weighted by molar-refractivity contribution is 7.86. The second-order valence-electron chi connectivity index (χ2n) is 12.2. The molecule has 0 spiro atoms. The maximum absolute atomic E-state index is 14.9. The van der Waals surface area contributed by atoms with Crippen molar-refractivity contribution in [3.05, 3.63) is 59.2 Å². The highest BCUT2D eigenvalue weighted by atomic mass is 32.2. The predicted octanol–water partition coefficient (Wildman–Crippen LogP) is 4.82. The molecule has 0 bridgehead atoms. The number of nitrogens with zero attached hydrogens (tertiary/aromatic N) is 3. The average Bonchev–Trinajstić information content (AvgIpc) is 3.51. The average molecular weight is 668 g/mol. The summed E-state index contributed by atoms with van der Waals surface area (Å²) < 4.78 is 123. The third kappa shape index (κ3) is 5.40. The number of carbonyl (C=O) groups is 2. The lowest BCUT2D eigenvalue weighted by Crippen LogP contribution is -2.56. The third-order valence-corrected chi connectivity index (χ3v) is 10.7. The standard InChI is InChI=1S/C29H29F8N3O4S/c1-25(2,43)15-40-20(9-12-23(40)41)24(42)39-14-13-26(45(44)17-5-3-16(30)4-6-17)18-7-10-21(38-19(18)8-11-22(26)39)27(31,28(32,33)34)29(35,36)37/h3-7,10,20,22,43H,8-9,11-15H2,1-2H3. The number of aliphatic hydroxyl groups is 1. The van der Waals surface area contributed by atoms with Crippen molar-refractivity contribution in [2.24, 2.45) is 0 Å². The molecule has 1 N–H and O–H groups in total. The van der Waals surface area contributed by atoms with E-state index < -0.39 is 68.7 Å². The van der Waals surface area contributed by atoms with Crippen LogP contribution >= 0.6 is 0 Å². The maximum atomic E-state index is 14.9. The van der Waals surface area contributed by atoms with E-state index in [0.29, 0.717) is 0 Å². The van der Waals surface area contributed by atoms with Crippen molar-refractivity contribution in [2.45, 2.75) is 91.3 Å². The highest BCUT2D eigenvalue weighted by Gasteiger charge is 2.75. The zero-order valence-corrected chi connectivity index (χ0v) is 24.8. The van der Waals surface area contributed by atoms with Crippen molar-refractivity contribution in [2.75, 3.05) is 13.1 Å². The molecule has 1 aromatic carbocycles. The molecule has 2 aromatic rings. The summed E-state index contributed by atoms with van der Waals surface area (Å²) in [5.74, 6) is -1.52. The molecule has 3 aliphatic rings. The van der Waals surface area contributed by atoms with E-state index in [9.17, 15) is 54.0 Å². The molecule has 45 heavy (non-hydrogen) atoms. The van der Waals surface area contributed by atoms with Gasteiger partial charge in [0.15, 0.2) is 0 Å². The van der Waals surface area contributed by atoms with E-state index in [-0.39, 0.29) is 73.3 Å². The number of pyridine rings is 1. The number of hydrogen-bond acceptors (Lipinski definition) is 5. The molecule has 2 fully saturated rings. The zero-order valence-electron chi connectivity index (χ0n) is 24.0. The molecular formula is C29H29F8N3O4S. The summed E-state index contributed by atoms with van der Waals surface area (Å²) in [6.07, 6.45) is -13.1. The van der Waals surface area contributed by atoms with Crippen molar-refractivity contribution < 1.29 is 54.0 Å². The first-order chi connectivity index (χ1) is 20.7. The fourth-order valence-electron chi connectivity index (χ4n) is 6.70.